The van der Waals surface area contributed by atoms with Gasteiger partial charge in [0.15, 0.2) is 5.82 Å². The first-order valence-electron chi connectivity index (χ1n) is 8.22. The van der Waals surface area contributed by atoms with Gasteiger partial charge in [0.2, 0.25) is 11.8 Å². The lowest BCUT2D eigenvalue weighted by molar-refractivity contribution is -0.121. The molecular formula is C18H20N4O2S. The number of aryl methyl sites for hydroxylation is 2. The highest BCUT2D eigenvalue weighted by Crippen LogP contribution is 2.14. The average molecular weight is 356 g/mol. The summed E-state index contributed by atoms with van der Waals surface area (Å²) in [5, 5.41) is 6.87. The number of carbonyl (C=O) groups is 1. The summed E-state index contributed by atoms with van der Waals surface area (Å²) in [5.41, 5.74) is 3.96. The number of aromatic nitrogens is 3. The van der Waals surface area contributed by atoms with Gasteiger partial charge in [-0.2, -0.15) is 4.98 Å². The van der Waals surface area contributed by atoms with Gasteiger partial charge >= 0.3 is 0 Å². The van der Waals surface area contributed by atoms with Crippen molar-refractivity contribution in [1.29, 1.82) is 0 Å². The molecule has 2 aromatic heterocycles. The Labute approximate surface area is 150 Å². The lowest BCUT2D eigenvalue weighted by atomic mass is 10.1. The van der Waals surface area contributed by atoms with Gasteiger partial charge < -0.3 is 9.84 Å². The Balaban J connectivity index is 1.39. The highest BCUT2D eigenvalue weighted by atomic mass is 32.1. The van der Waals surface area contributed by atoms with E-state index in [2.05, 4.69) is 20.4 Å². The minimum absolute atomic E-state index is 0.0248. The monoisotopic (exact) mass is 356 g/mol. The summed E-state index contributed by atoms with van der Waals surface area (Å²) in [4.78, 5) is 21.6. The Bertz CT molecular complexity index is 813. The number of hydrogen-bond donors (Lipinski definition) is 1. The van der Waals surface area contributed by atoms with Crippen LogP contribution in [0.3, 0.4) is 0 Å². The largest absolute Gasteiger partial charge is 0.356 e. The predicted molar refractivity (Wildman–Crippen MR) is 95.4 cm³/mol. The first-order chi connectivity index (χ1) is 12.2. The van der Waals surface area contributed by atoms with Crippen LogP contribution in [0.2, 0.25) is 0 Å². The van der Waals surface area contributed by atoms with Gasteiger partial charge in [-0.1, -0.05) is 35.5 Å². The number of rotatable bonds is 8. The second-order valence-corrected chi connectivity index (χ2v) is 6.67. The maximum atomic E-state index is 11.9. The Kier molecular flexibility index (Phi) is 5.90. The molecule has 0 bridgehead atoms. The van der Waals surface area contributed by atoms with E-state index in [1.165, 1.54) is 0 Å². The third-order valence-corrected chi connectivity index (χ3v) is 4.80. The minimum Gasteiger partial charge on any atom is -0.356 e. The van der Waals surface area contributed by atoms with E-state index in [-0.39, 0.29) is 5.91 Å². The van der Waals surface area contributed by atoms with E-state index in [1.54, 1.807) is 11.3 Å². The molecule has 7 heteroatoms. The molecule has 0 saturated heterocycles. The third-order valence-electron chi connectivity index (χ3n) is 3.80. The molecule has 0 spiro atoms. The van der Waals surface area contributed by atoms with Gasteiger partial charge in [-0.25, -0.2) is 4.98 Å². The molecule has 0 unspecified atom stereocenters. The molecule has 3 aromatic rings. The smallest absolute Gasteiger partial charge is 0.228 e. The van der Waals surface area contributed by atoms with Crippen molar-refractivity contribution in [3.63, 3.8) is 0 Å². The van der Waals surface area contributed by atoms with Crippen molar-refractivity contribution in [1.82, 2.24) is 20.4 Å². The van der Waals surface area contributed by atoms with E-state index < -0.39 is 0 Å². The zero-order valence-corrected chi connectivity index (χ0v) is 14.9. The second-order valence-electron chi connectivity index (χ2n) is 5.73. The van der Waals surface area contributed by atoms with E-state index >= 15 is 0 Å². The summed E-state index contributed by atoms with van der Waals surface area (Å²) in [7, 11) is 0. The topological polar surface area (TPSA) is 80.9 Å². The Morgan fingerprint density at radius 1 is 1.24 bits per heavy atom. The fourth-order valence-electron chi connectivity index (χ4n) is 2.43. The Morgan fingerprint density at radius 3 is 2.84 bits per heavy atom. The molecule has 0 aliphatic rings. The number of hydrogen-bond acceptors (Lipinski definition) is 6. The van der Waals surface area contributed by atoms with Gasteiger partial charge in [-0.15, -0.1) is 11.3 Å². The van der Waals surface area contributed by atoms with Crippen molar-refractivity contribution in [2.24, 2.45) is 0 Å². The fourth-order valence-corrected chi connectivity index (χ4v) is 3.21. The Hall–Kier alpha value is -2.54. The van der Waals surface area contributed by atoms with Gasteiger partial charge in [0, 0.05) is 30.7 Å². The highest BCUT2D eigenvalue weighted by Gasteiger charge is 2.09. The molecule has 25 heavy (non-hydrogen) atoms. The number of amides is 1. The van der Waals surface area contributed by atoms with Crippen molar-refractivity contribution in [3.05, 3.63) is 63.7 Å². The van der Waals surface area contributed by atoms with E-state index in [0.29, 0.717) is 37.5 Å². The molecule has 0 atom stereocenters. The molecule has 0 aliphatic heterocycles. The van der Waals surface area contributed by atoms with Gasteiger partial charge in [0.25, 0.3) is 0 Å². The summed E-state index contributed by atoms with van der Waals surface area (Å²) >= 11 is 1.59. The molecule has 2 heterocycles. The highest BCUT2D eigenvalue weighted by molar-refractivity contribution is 7.09. The maximum Gasteiger partial charge on any atom is 0.228 e. The summed E-state index contributed by atoms with van der Waals surface area (Å²) in [6.45, 7) is 2.46. The van der Waals surface area contributed by atoms with Crippen LogP contribution in [0.25, 0.3) is 0 Å². The molecule has 0 aliphatic carbocycles. The SMILES string of the molecule is Cc1ncsc1CCC(=O)NCCc1nc(Cc2ccccc2)no1. The fraction of sp³-hybridized carbons (Fsp3) is 0.333. The lowest BCUT2D eigenvalue weighted by Crippen LogP contribution is -2.25. The van der Waals surface area contributed by atoms with Gasteiger partial charge in [-0.05, 0) is 18.9 Å². The Morgan fingerprint density at radius 2 is 2.08 bits per heavy atom. The number of thiazole rings is 1. The summed E-state index contributed by atoms with van der Waals surface area (Å²) in [5.74, 6) is 1.23. The summed E-state index contributed by atoms with van der Waals surface area (Å²) in [6, 6.07) is 10.0. The van der Waals surface area contributed by atoms with Gasteiger partial charge in [0.05, 0.1) is 11.2 Å². The normalized spacial score (nSPS) is 10.8. The van der Waals surface area contributed by atoms with Crippen molar-refractivity contribution in [2.45, 2.75) is 32.6 Å². The van der Waals surface area contributed by atoms with Crippen LogP contribution in [0.5, 0.6) is 0 Å². The first-order valence-corrected chi connectivity index (χ1v) is 9.09. The summed E-state index contributed by atoms with van der Waals surface area (Å²) < 4.78 is 5.23. The molecule has 0 radical (unpaired) electrons. The minimum atomic E-state index is 0.0248. The molecular weight excluding hydrogens is 336 g/mol. The maximum absolute atomic E-state index is 11.9. The first kappa shape index (κ1) is 17.3. The number of nitrogens with one attached hydrogen (secondary N) is 1. The zero-order chi connectivity index (χ0) is 17.5. The second kappa shape index (κ2) is 8.53. The van der Waals surface area contributed by atoms with Crippen LogP contribution in [-0.4, -0.2) is 27.6 Å². The van der Waals surface area contributed by atoms with Crippen molar-refractivity contribution < 1.29 is 9.32 Å². The molecule has 1 N–H and O–H groups in total. The van der Waals surface area contributed by atoms with E-state index in [1.807, 2.05) is 42.8 Å². The average Bonchev–Trinajstić information content (AvgIpc) is 3.23. The molecule has 0 fully saturated rings. The van der Waals surface area contributed by atoms with Crippen LogP contribution in [0, 0.1) is 6.92 Å². The number of benzene rings is 1. The van der Waals surface area contributed by atoms with Crippen molar-refractivity contribution in [3.8, 4) is 0 Å². The third kappa shape index (κ3) is 5.22. The van der Waals surface area contributed by atoms with Crippen LogP contribution < -0.4 is 5.32 Å². The van der Waals surface area contributed by atoms with Gasteiger partial charge in [0.1, 0.15) is 0 Å². The zero-order valence-electron chi connectivity index (χ0n) is 14.1. The molecule has 1 aromatic carbocycles. The van der Waals surface area contributed by atoms with Crippen LogP contribution in [0.15, 0.2) is 40.4 Å². The van der Waals surface area contributed by atoms with Crippen molar-refractivity contribution >= 4 is 17.2 Å². The number of nitrogens with zero attached hydrogens (tertiary/aromatic N) is 3. The van der Waals surface area contributed by atoms with Crippen LogP contribution >= 0.6 is 11.3 Å². The van der Waals surface area contributed by atoms with E-state index in [0.717, 1.165) is 22.6 Å². The predicted octanol–water partition coefficient (Wildman–Crippen LogP) is 2.72. The quantitative estimate of drug-likeness (QED) is 0.671. The van der Waals surface area contributed by atoms with Crippen molar-refractivity contribution in [2.75, 3.05) is 6.54 Å². The molecule has 1 amide bonds. The van der Waals surface area contributed by atoms with E-state index in [4.69, 9.17) is 4.52 Å². The molecule has 130 valence electrons. The lowest BCUT2D eigenvalue weighted by Gasteiger charge is -2.02. The van der Waals surface area contributed by atoms with Crippen LogP contribution in [0.1, 0.15) is 34.3 Å². The number of carbonyl (C=O) groups excluding carboxylic acids is 1. The summed E-state index contributed by atoms with van der Waals surface area (Å²) in [6.07, 6.45) is 2.37. The molecule has 6 nitrogen and oxygen atoms in total. The van der Waals surface area contributed by atoms with E-state index in [9.17, 15) is 4.79 Å². The molecule has 3 rings (SSSR count). The van der Waals surface area contributed by atoms with Crippen LogP contribution in [-0.2, 0) is 24.1 Å². The van der Waals surface area contributed by atoms with Gasteiger partial charge in [-0.3, -0.25) is 4.79 Å². The standard InChI is InChI=1S/C18H20N4O2S/c1-13-15(25-12-20-13)7-8-17(23)19-10-9-18-21-16(22-24-18)11-14-5-3-2-4-6-14/h2-6,12H,7-11H2,1H3,(H,19,23). The van der Waals surface area contributed by atoms with Crippen LogP contribution in [0.4, 0.5) is 0 Å². The molecule has 0 saturated carbocycles.